The van der Waals surface area contributed by atoms with Crippen molar-refractivity contribution in [2.24, 2.45) is 5.92 Å². The molecule has 100 valence electrons. The first-order valence-corrected chi connectivity index (χ1v) is 6.59. The Morgan fingerprint density at radius 3 is 2.61 bits per heavy atom. The summed E-state index contributed by atoms with van der Waals surface area (Å²) in [6, 6.07) is 6.28. The second-order valence-electron chi connectivity index (χ2n) is 5.20. The van der Waals surface area contributed by atoms with Gasteiger partial charge in [0.1, 0.15) is 0 Å². The third-order valence-corrected chi connectivity index (χ3v) is 4.10. The normalized spacial score (nSPS) is 25.9. The molecule has 2 rings (SSSR count). The van der Waals surface area contributed by atoms with E-state index in [2.05, 4.69) is 31.3 Å². The number of nitrogens with one attached hydrogen (secondary N) is 1. The zero-order valence-electron chi connectivity index (χ0n) is 11.7. The van der Waals surface area contributed by atoms with Gasteiger partial charge in [0, 0.05) is 0 Å². The van der Waals surface area contributed by atoms with Gasteiger partial charge in [0.2, 0.25) is 0 Å². The number of ether oxygens (including phenoxy) is 2. The second kappa shape index (κ2) is 5.19. The molecule has 0 saturated heterocycles. The summed E-state index contributed by atoms with van der Waals surface area (Å²) in [5.74, 6) is 2.36. The van der Waals surface area contributed by atoms with Gasteiger partial charge in [0.15, 0.2) is 11.5 Å². The van der Waals surface area contributed by atoms with Gasteiger partial charge in [0.05, 0.1) is 14.2 Å². The van der Waals surface area contributed by atoms with Crippen molar-refractivity contribution in [3.63, 3.8) is 0 Å². The summed E-state index contributed by atoms with van der Waals surface area (Å²) >= 11 is 0. The summed E-state index contributed by atoms with van der Waals surface area (Å²) in [4.78, 5) is 0. The highest BCUT2D eigenvalue weighted by molar-refractivity contribution is 5.47. The van der Waals surface area contributed by atoms with Gasteiger partial charge in [-0.3, -0.25) is 0 Å². The van der Waals surface area contributed by atoms with E-state index < -0.39 is 0 Å². The average molecular weight is 249 g/mol. The largest absolute Gasteiger partial charge is 0.493 e. The highest BCUT2D eigenvalue weighted by Gasteiger charge is 2.50. The van der Waals surface area contributed by atoms with Crippen molar-refractivity contribution < 1.29 is 9.47 Å². The minimum atomic E-state index is 0.293. The molecular weight excluding hydrogens is 226 g/mol. The molecule has 18 heavy (non-hydrogen) atoms. The van der Waals surface area contributed by atoms with Crippen molar-refractivity contribution in [3.05, 3.63) is 23.8 Å². The first-order chi connectivity index (χ1) is 8.65. The van der Waals surface area contributed by atoms with Crippen LogP contribution in [0.2, 0.25) is 0 Å². The van der Waals surface area contributed by atoms with E-state index in [1.165, 1.54) is 12.0 Å². The molecule has 1 aliphatic rings. The van der Waals surface area contributed by atoms with Gasteiger partial charge < -0.3 is 14.8 Å². The van der Waals surface area contributed by atoms with Crippen LogP contribution in [-0.2, 0) is 5.41 Å². The number of rotatable bonds is 6. The summed E-state index contributed by atoms with van der Waals surface area (Å²) in [6.45, 7) is 6.62. The van der Waals surface area contributed by atoms with Gasteiger partial charge in [-0.2, -0.15) is 0 Å². The molecule has 0 amide bonds. The van der Waals surface area contributed by atoms with E-state index in [1.807, 2.05) is 6.07 Å². The lowest BCUT2D eigenvalue weighted by molar-refractivity contribution is 0.354. The van der Waals surface area contributed by atoms with Crippen molar-refractivity contribution in [2.75, 3.05) is 27.3 Å². The maximum atomic E-state index is 5.38. The Morgan fingerprint density at radius 1 is 1.28 bits per heavy atom. The Balaban J connectivity index is 2.15. The lowest BCUT2D eigenvalue weighted by Gasteiger charge is -2.15. The van der Waals surface area contributed by atoms with Crippen molar-refractivity contribution in [1.29, 1.82) is 0 Å². The fourth-order valence-corrected chi connectivity index (χ4v) is 2.61. The molecule has 0 spiro atoms. The Hall–Kier alpha value is -1.22. The van der Waals surface area contributed by atoms with Gasteiger partial charge in [-0.15, -0.1) is 0 Å². The minimum absolute atomic E-state index is 0.293. The van der Waals surface area contributed by atoms with Crippen LogP contribution in [0.25, 0.3) is 0 Å². The molecule has 0 heterocycles. The first-order valence-electron chi connectivity index (χ1n) is 6.59. The van der Waals surface area contributed by atoms with Crippen LogP contribution in [-0.4, -0.2) is 27.3 Å². The van der Waals surface area contributed by atoms with Gasteiger partial charge in [-0.1, -0.05) is 19.9 Å². The maximum Gasteiger partial charge on any atom is 0.161 e. The molecule has 3 heteroatoms. The van der Waals surface area contributed by atoms with E-state index in [9.17, 15) is 0 Å². The molecular formula is C15H23NO2. The summed E-state index contributed by atoms with van der Waals surface area (Å²) in [7, 11) is 3.36. The van der Waals surface area contributed by atoms with Crippen LogP contribution >= 0.6 is 0 Å². The third kappa shape index (κ3) is 2.32. The van der Waals surface area contributed by atoms with Crippen molar-refractivity contribution in [1.82, 2.24) is 5.32 Å². The smallest absolute Gasteiger partial charge is 0.161 e. The standard InChI is InChI=1S/C15H23NO2/c1-5-16-10-12-9-15(12,2)11-6-7-13(17-3)14(8-11)18-4/h6-8,12,16H,5,9-10H2,1-4H3. The van der Waals surface area contributed by atoms with Crippen LogP contribution in [0.3, 0.4) is 0 Å². The minimum Gasteiger partial charge on any atom is -0.493 e. The summed E-state index contributed by atoms with van der Waals surface area (Å²) in [5.41, 5.74) is 1.64. The molecule has 0 bridgehead atoms. The fourth-order valence-electron chi connectivity index (χ4n) is 2.61. The van der Waals surface area contributed by atoms with Crippen LogP contribution < -0.4 is 14.8 Å². The maximum absolute atomic E-state index is 5.38. The van der Waals surface area contributed by atoms with E-state index >= 15 is 0 Å². The zero-order valence-corrected chi connectivity index (χ0v) is 11.7. The lowest BCUT2D eigenvalue weighted by Crippen LogP contribution is -2.19. The van der Waals surface area contributed by atoms with E-state index in [0.29, 0.717) is 5.41 Å². The van der Waals surface area contributed by atoms with Crippen LogP contribution in [0.5, 0.6) is 11.5 Å². The van der Waals surface area contributed by atoms with Crippen LogP contribution in [0.4, 0.5) is 0 Å². The Labute approximate surface area is 109 Å². The molecule has 1 aliphatic carbocycles. The predicted octanol–water partition coefficient (Wildman–Crippen LogP) is 2.59. The summed E-state index contributed by atoms with van der Waals surface area (Å²) < 4.78 is 10.7. The molecule has 0 radical (unpaired) electrons. The molecule has 3 nitrogen and oxygen atoms in total. The molecule has 2 unspecified atom stereocenters. The SMILES string of the molecule is CCNCC1CC1(C)c1ccc(OC)c(OC)c1. The molecule has 1 aromatic rings. The molecule has 0 aliphatic heterocycles. The number of hydrogen-bond acceptors (Lipinski definition) is 3. The molecule has 1 fully saturated rings. The van der Waals surface area contributed by atoms with Gasteiger partial charge in [0.25, 0.3) is 0 Å². The highest BCUT2D eigenvalue weighted by atomic mass is 16.5. The molecule has 1 saturated carbocycles. The van der Waals surface area contributed by atoms with Gasteiger partial charge >= 0.3 is 0 Å². The van der Waals surface area contributed by atoms with E-state index in [1.54, 1.807) is 14.2 Å². The van der Waals surface area contributed by atoms with E-state index in [0.717, 1.165) is 30.5 Å². The molecule has 2 atom stereocenters. The number of methoxy groups -OCH3 is 2. The summed E-state index contributed by atoms with van der Waals surface area (Å²) in [6.07, 6.45) is 1.25. The van der Waals surface area contributed by atoms with E-state index in [-0.39, 0.29) is 0 Å². The quantitative estimate of drug-likeness (QED) is 0.840. The molecule has 1 N–H and O–H groups in total. The van der Waals surface area contributed by atoms with Crippen molar-refractivity contribution >= 4 is 0 Å². The Bertz CT molecular complexity index is 419. The fraction of sp³-hybridized carbons (Fsp3) is 0.600. The lowest BCUT2D eigenvalue weighted by atomic mass is 9.95. The molecule has 1 aromatic carbocycles. The topological polar surface area (TPSA) is 30.5 Å². The van der Waals surface area contributed by atoms with Crippen molar-refractivity contribution in [2.45, 2.75) is 25.7 Å². The van der Waals surface area contributed by atoms with Gasteiger partial charge in [-0.25, -0.2) is 0 Å². The van der Waals surface area contributed by atoms with Gasteiger partial charge in [-0.05, 0) is 48.5 Å². The van der Waals surface area contributed by atoms with Crippen LogP contribution in [0.15, 0.2) is 18.2 Å². The highest BCUT2D eigenvalue weighted by Crippen LogP contribution is 2.54. The Morgan fingerprint density at radius 2 is 2.00 bits per heavy atom. The summed E-state index contributed by atoms with van der Waals surface area (Å²) in [5, 5.41) is 3.43. The zero-order chi connectivity index (χ0) is 13.2. The average Bonchev–Trinajstić information content (AvgIpc) is 3.07. The first kappa shape index (κ1) is 13.2. The monoisotopic (exact) mass is 249 g/mol. The number of hydrogen-bond donors (Lipinski definition) is 1. The third-order valence-electron chi connectivity index (χ3n) is 4.10. The number of benzene rings is 1. The van der Waals surface area contributed by atoms with Crippen LogP contribution in [0.1, 0.15) is 25.8 Å². The Kier molecular flexibility index (Phi) is 3.81. The predicted molar refractivity (Wildman–Crippen MR) is 73.5 cm³/mol. The van der Waals surface area contributed by atoms with E-state index in [4.69, 9.17) is 9.47 Å². The van der Waals surface area contributed by atoms with Crippen LogP contribution in [0, 0.1) is 5.92 Å². The van der Waals surface area contributed by atoms with Crippen molar-refractivity contribution in [3.8, 4) is 11.5 Å². The molecule has 0 aromatic heterocycles. The second-order valence-corrected chi connectivity index (χ2v) is 5.20.